The Bertz CT molecular complexity index is 860. The molecule has 1 aliphatic carbocycles. The molecule has 0 aromatic heterocycles. The summed E-state index contributed by atoms with van der Waals surface area (Å²) in [4.78, 5) is 24.3. The molecule has 25 heavy (non-hydrogen) atoms. The quantitative estimate of drug-likeness (QED) is 0.909. The summed E-state index contributed by atoms with van der Waals surface area (Å²) in [7, 11) is 0. The molecule has 0 spiro atoms. The van der Waals surface area contributed by atoms with E-state index >= 15 is 0 Å². The molecule has 3 rings (SSSR count). The molecule has 5 heteroatoms. The predicted molar refractivity (Wildman–Crippen MR) is 93.8 cm³/mol. The highest BCUT2D eigenvalue weighted by molar-refractivity contribution is 6.04. The normalized spacial score (nSPS) is 15.8. The largest absolute Gasteiger partial charge is 0.483 e. The zero-order valence-corrected chi connectivity index (χ0v) is 14.5. The lowest BCUT2D eigenvalue weighted by Gasteiger charge is -2.13. The van der Waals surface area contributed by atoms with Gasteiger partial charge in [0.2, 0.25) is 0 Å². The van der Waals surface area contributed by atoms with Crippen LogP contribution in [0, 0.1) is 19.7 Å². The van der Waals surface area contributed by atoms with Crippen molar-refractivity contribution in [1.82, 2.24) is 0 Å². The van der Waals surface area contributed by atoms with E-state index in [1.807, 2.05) is 39.0 Å². The number of ketones is 1. The third-order valence-electron chi connectivity index (χ3n) is 4.65. The highest BCUT2D eigenvalue weighted by atomic mass is 19.1. The first kappa shape index (κ1) is 17.1. The maximum absolute atomic E-state index is 14.0. The first-order valence-corrected chi connectivity index (χ1v) is 8.23. The molecule has 2 aromatic rings. The van der Waals surface area contributed by atoms with E-state index < -0.39 is 5.82 Å². The summed E-state index contributed by atoms with van der Waals surface area (Å²) in [5.41, 5.74) is 3.45. The number of rotatable bonds is 4. The van der Waals surface area contributed by atoms with Crippen LogP contribution in [0.5, 0.6) is 5.75 Å². The molecule has 0 bridgehead atoms. The number of carbonyl (C=O) groups is 2. The number of Topliss-reactive ketones (excluding diaryl/α,β-unsaturated/α-hetero) is 1. The Morgan fingerprint density at radius 3 is 2.80 bits per heavy atom. The van der Waals surface area contributed by atoms with Gasteiger partial charge >= 0.3 is 0 Å². The zero-order valence-electron chi connectivity index (χ0n) is 14.5. The van der Waals surface area contributed by atoms with E-state index in [1.54, 1.807) is 0 Å². The van der Waals surface area contributed by atoms with Crippen molar-refractivity contribution in [3.8, 4) is 5.75 Å². The Kier molecular flexibility index (Phi) is 4.57. The van der Waals surface area contributed by atoms with Crippen molar-refractivity contribution in [2.45, 2.75) is 33.1 Å². The summed E-state index contributed by atoms with van der Waals surface area (Å²) in [6, 6.07) is 8.35. The molecular formula is C20H20FNO3. The lowest BCUT2D eigenvalue weighted by atomic mass is 10.0. The fraction of sp³-hybridized carbons (Fsp3) is 0.300. The lowest BCUT2D eigenvalue weighted by Crippen LogP contribution is -2.21. The molecule has 0 saturated carbocycles. The summed E-state index contributed by atoms with van der Waals surface area (Å²) in [6.07, 6.45) is 0.265. The van der Waals surface area contributed by atoms with Crippen LogP contribution in [0.4, 0.5) is 10.1 Å². The second-order valence-corrected chi connectivity index (χ2v) is 6.45. The smallest absolute Gasteiger partial charge is 0.262 e. The average molecular weight is 341 g/mol. The second kappa shape index (κ2) is 6.67. The standard InChI is InChI=1S/C20H20FNO3/c1-11-5-4-6-15(13(11)3)22-18(24)10-25-17-8-7-14(21)19-12(2)9-16(23)20(17)19/h4-8,12H,9-10H2,1-3H3,(H,22,24)/t12-/m0/s1. The number of benzene rings is 2. The van der Waals surface area contributed by atoms with Gasteiger partial charge in [-0.15, -0.1) is 0 Å². The molecule has 0 aliphatic heterocycles. The Morgan fingerprint density at radius 1 is 1.28 bits per heavy atom. The molecule has 1 amide bonds. The highest BCUT2D eigenvalue weighted by Crippen LogP contribution is 2.39. The van der Waals surface area contributed by atoms with Crippen LogP contribution < -0.4 is 10.1 Å². The van der Waals surface area contributed by atoms with E-state index in [0.717, 1.165) is 16.8 Å². The van der Waals surface area contributed by atoms with Crippen molar-refractivity contribution in [2.24, 2.45) is 0 Å². The number of fused-ring (bicyclic) bond motifs is 1. The minimum atomic E-state index is -0.402. The zero-order chi connectivity index (χ0) is 18.1. The average Bonchev–Trinajstić information content (AvgIpc) is 2.87. The number of halogens is 1. The number of hydrogen-bond donors (Lipinski definition) is 1. The van der Waals surface area contributed by atoms with Crippen molar-refractivity contribution in [3.63, 3.8) is 0 Å². The maximum Gasteiger partial charge on any atom is 0.262 e. The van der Waals surface area contributed by atoms with Crippen LogP contribution in [-0.4, -0.2) is 18.3 Å². The maximum atomic E-state index is 14.0. The molecule has 4 nitrogen and oxygen atoms in total. The third-order valence-corrected chi connectivity index (χ3v) is 4.65. The Balaban J connectivity index is 1.73. The van der Waals surface area contributed by atoms with Gasteiger partial charge in [-0.3, -0.25) is 9.59 Å². The molecule has 2 aromatic carbocycles. The summed E-state index contributed by atoms with van der Waals surface area (Å²) in [5.74, 6) is -0.783. The summed E-state index contributed by atoms with van der Waals surface area (Å²) >= 11 is 0. The Morgan fingerprint density at radius 2 is 2.04 bits per heavy atom. The third kappa shape index (κ3) is 3.27. The van der Waals surface area contributed by atoms with Crippen LogP contribution >= 0.6 is 0 Å². The van der Waals surface area contributed by atoms with E-state index in [-0.39, 0.29) is 41.9 Å². The van der Waals surface area contributed by atoms with Gasteiger partial charge in [-0.2, -0.15) is 0 Å². The van der Waals surface area contributed by atoms with Crippen LogP contribution in [0.25, 0.3) is 0 Å². The Labute approximate surface area is 146 Å². The van der Waals surface area contributed by atoms with Crippen molar-refractivity contribution in [2.75, 3.05) is 11.9 Å². The number of hydrogen-bond acceptors (Lipinski definition) is 3. The first-order chi connectivity index (χ1) is 11.9. The van der Waals surface area contributed by atoms with Gasteiger partial charge in [-0.25, -0.2) is 4.39 Å². The van der Waals surface area contributed by atoms with Gasteiger partial charge in [0.15, 0.2) is 12.4 Å². The topological polar surface area (TPSA) is 55.4 Å². The molecule has 0 saturated heterocycles. The lowest BCUT2D eigenvalue weighted by molar-refractivity contribution is -0.118. The molecule has 1 aliphatic rings. The monoisotopic (exact) mass is 341 g/mol. The van der Waals surface area contributed by atoms with Gasteiger partial charge in [0.25, 0.3) is 5.91 Å². The molecule has 0 heterocycles. The van der Waals surface area contributed by atoms with Crippen molar-refractivity contribution >= 4 is 17.4 Å². The van der Waals surface area contributed by atoms with E-state index in [9.17, 15) is 14.0 Å². The van der Waals surface area contributed by atoms with Gasteiger partial charge in [0, 0.05) is 17.7 Å². The van der Waals surface area contributed by atoms with Crippen LogP contribution in [0.1, 0.15) is 46.3 Å². The number of anilines is 1. The summed E-state index contributed by atoms with van der Waals surface area (Å²) < 4.78 is 19.5. The molecule has 0 unspecified atom stereocenters. The summed E-state index contributed by atoms with van der Waals surface area (Å²) in [5, 5.41) is 2.80. The minimum absolute atomic E-state index is 0.146. The van der Waals surface area contributed by atoms with Crippen molar-refractivity contribution < 1.29 is 18.7 Å². The van der Waals surface area contributed by atoms with E-state index in [0.29, 0.717) is 5.56 Å². The van der Waals surface area contributed by atoms with Gasteiger partial charge in [-0.1, -0.05) is 19.1 Å². The van der Waals surface area contributed by atoms with Crippen LogP contribution in [0.3, 0.4) is 0 Å². The minimum Gasteiger partial charge on any atom is -0.483 e. The van der Waals surface area contributed by atoms with E-state index in [4.69, 9.17) is 4.74 Å². The Hall–Kier alpha value is -2.69. The van der Waals surface area contributed by atoms with Crippen molar-refractivity contribution in [3.05, 3.63) is 58.4 Å². The van der Waals surface area contributed by atoms with Gasteiger partial charge < -0.3 is 10.1 Å². The SMILES string of the molecule is Cc1cccc(NC(=O)COc2ccc(F)c3c2C(=O)C[C@@H]3C)c1C. The number of carbonyl (C=O) groups excluding carboxylic acids is 2. The molecule has 130 valence electrons. The fourth-order valence-corrected chi connectivity index (χ4v) is 3.16. The van der Waals surface area contributed by atoms with Crippen LogP contribution in [0.2, 0.25) is 0 Å². The van der Waals surface area contributed by atoms with Crippen LogP contribution in [0.15, 0.2) is 30.3 Å². The second-order valence-electron chi connectivity index (χ2n) is 6.45. The van der Waals surface area contributed by atoms with E-state index in [1.165, 1.54) is 12.1 Å². The van der Waals surface area contributed by atoms with Crippen molar-refractivity contribution in [1.29, 1.82) is 0 Å². The first-order valence-electron chi connectivity index (χ1n) is 8.23. The number of nitrogens with one attached hydrogen (secondary N) is 1. The van der Waals surface area contributed by atoms with E-state index in [2.05, 4.69) is 5.32 Å². The van der Waals surface area contributed by atoms with Gasteiger partial charge in [0.1, 0.15) is 11.6 Å². The number of aryl methyl sites for hydroxylation is 1. The molecule has 1 atom stereocenters. The fourth-order valence-electron chi connectivity index (χ4n) is 3.16. The molecular weight excluding hydrogens is 321 g/mol. The highest BCUT2D eigenvalue weighted by Gasteiger charge is 2.32. The summed E-state index contributed by atoms with van der Waals surface area (Å²) in [6.45, 7) is 5.46. The molecule has 0 fully saturated rings. The van der Waals surface area contributed by atoms with Crippen LogP contribution in [-0.2, 0) is 4.79 Å². The predicted octanol–water partition coefficient (Wildman–Crippen LogP) is 4.15. The van der Waals surface area contributed by atoms with Gasteiger partial charge in [-0.05, 0) is 49.1 Å². The van der Waals surface area contributed by atoms with Gasteiger partial charge in [0.05, 0.1) is 5.56 Å². The molecule has 1 N–H and O–H groups in total. The number of ether oxygens (including phenoxy) is 1. The molecule has 0 radical (unpaired) electrons. The number of amides is 1.